The molecule has 0 unspecified atom stereocenters. The zero-order valence-electron chi connectivity index (χ0n) is 18.5. The summed E-state index contributed by atoms with van der Waals surface area (Å²) in [7, 11) is 4.57. The number of aromatic nitrogens is 1. The molecule has 2 heterocycles. The van der Waals surface area contributed by atoms with Crippen LogP contribution < -0.4 is 14.2 Å². The SMILES string of the molecule is COc1cc(C(=O)N2CCN(CC(=O)c3c[nH]c4ccccc34)CC2)cc(OC)c1OC. The van der Waals surface area contributed by atoms with E-state index in [4.69, 9.17) is 14.2 Å². The number of methoxy groups -OCH3 is 3. The van der Waals surface area contributed by atoms with E-state index in [0.29, 0.717) is 61.1 Å². The topological polar surface area (TPSA) is 84.1 Å². The number of nitrogens with zero attached hydrogens (tertiary/aromatic N) is 2. The summed E-state index contributed by atoms with van der Waals surface area (Å²) in [6.07, 6.45) is 1.78. The molecule has 0 bridgehead atoms. The minimum absolute atomic E-state index is 0.0758. The van der Waals surface area contributed by atoms with Crippen LogP contribution in [0.5, 0.6) is 17.2 Å². The van der Waals surface area contributed by atoms with Gasteiger partial charge in [0.15, 0.2) is 17.3 Å². The third-order valence-corrected chi connectivity index (χ3v) is 5.83. The van der Waals surface area contributed by atoms with Crippen molar-refractivity contribution >= 4 is 22.6 Å². The van der Waals surface area contributed by atoms with Crippen LogP contribution in [0.1, 0.15) is 20.7 Å². The highest BCUT2D eigenvalue weighted by Crippen LogP contribution is 2.38. The fourth-order valence-electron chi connectivity index (χ4n) is 4.09. The van der Waals surface area contributed by atoms with Gasteiger partial charge < -0.3 is 24.1 Å². The lowest BCUT2D eigenvalue weighted by molar-refractivity contribution is 0.0624. The smallest absolute Gasteiger partial charge is 0.254 e. The number of aromatic amines is 1. The van der Waals surface area contributed by atoms with Crippen molar-refractivity contribution in [1.29, 1.82) is 0 Å². The molecule has 2 aromatic carbocycles. The Labute approximate surface area is 186 Å². The third kappa shape index (κ3) is 4.13. The Hall–Kier alpha value is -3.52. The van der Waals surface area contributed by atoms with Crippen molar-refractivity contribution in [2.45, 2.75) is 0 Å². The van der Waals surface area contributed by atoms with Crippen molar-refractivity contribution in [2.24, 2.45) is 0 Å². The molecule has 0 radical (unpaired) electrons. The Kier molecular flexibility index (Phi) is 6.32. The fourth-order valence-corrected chi connectivity index (χ4v) is 4.09. The van der Waals surface area contributed by atoms with Crippen molar-refractivity contribution in [3.8, 4) is 17.2 Å². The van der Waals surface area contributed by atoms with Crippen LogP contribution in [0.15, 0.2) is 42.6 Å². The molecule has 1 fully saturated rings. The number of carbonyl (C=O) groups is 2. The highest BCUT2D eigenvalue weighted by atomic mass is 16.5. The van der Waals surface area contributed by atoms with E-state index in [2.05, 4.69) is 9.88 Å². The van der Waals surface area contributed by atoms with Gasteiger partial charge in [0, 0.05) is 54.4 Å². The van der Waals surface area contributed by atoms with Gasteiger partial charge in [-0.3, -0.25) is 14.5 Å². The first-order valence-corrected chi connectivity index (χ1v) is 10.5. The number of amides is 1. The number of Topliss-reactive ketones (excluding diaryl/α,β-unsaturated/α-hetero) is 1. The van der Waals surface area contributed by atoms with Crippen LogP contribution in [0.3, 0.4) is 0 Å². The number of para-hydroxylation sites is 1. The molecule has 1 N–H and O–H groups in total. The molecule has 168 valence electrons. The van der Waals surface area contributed by atoms with Gasteiger partial charge in [0.05, 0.1) is 27.9 Å². The number of nitrogens with one attached hydrogen (secondary N) is 1. The lowest BCUT2D eigenvalue weighted by Gasteiger charge is -2.34. The first kappa shape index (κ1) is 21.7. The Balaban J connectivity index is 1.40. The predicted molar refractivity (Wildman–Crippen MR) is 121 cm³/mol. The second kappa shape index (κ2) is 9.32. The first-order chi connectivity index (χ1) is 15.5. The van der Waals surface area contributed by atoms with Crippen LogP contribution in [-0.2, 0) is 0 Å². The van der Waals surface area contributed by atoms with Crippen LogP contribution in [0.2, 0.25) is 0 Å². The summed E-state index contributed by atoms with van der Waals surface area (Å²) in [4.78, 5) is 32.9. The Morgan fingerprint density at radius 1 is 0.938 bits per heavy atom. The third-order valence-electron chi connectivity index (χ3n) is 5.83. The second-order valence-corrected chi connectivity index (χ2v) is 7.65. The fraction of sp³-hybridized carbons (Fsp3) is 0.333. The van der Waals surface area contributed by atoms with Crippen molar-refractivity contribution in [2.75, 3.05) is 54.1 Å². The minimum Gasteiger partial charge on any atom is -0.493 e. The summed E-state index contributed by atoms with van der Waals surface area (Å²) < 4.78 is 16.1. The van der Waals surface area contributed by atoms with E-state index in [9.17, 15) is 9.59 Å². The van der Waals surface area contributed by atoms with Gasteiger partial charge >= 0.3 is 0 Å². The second-order valence-electron chi connectivity index (χ2n) is 7.65. The van der Waals surface area contributed by atoms with Crippen molar-refractivity contribution in [1.82, 2.24) is 14.8 Å². The van der Waals surface area contributed by atoms with E-state index in [1.54, 1.807) is 23.2 Å². The summed E-state index contributed by atoms with van der Waals surface area (Å²) in [5.41, 5.74) is 2.14. The van der Waals surface area contributed by atoms with Gasteiger partial charge in [0.1, 0.15) is 0 Å². The van der Waals surface area contributed by atoms with Crippen LogP contribution in [0.4, 0.5) is 0 Å². The summed E-state index contributed by atoms with van der Waals surface area (Å²) in [6, 6.07) is 11.1. The molecule has 0 atom stereocenters. The van der Waals surface area contributed by atoms with Crippen molar-refractivity contribution < 1.29 is 23.8 Å². The molecule has 1 aromatic heterocycles. The van der Waals surface area contributed by atoms with E-state index >= 15 is 0 Å². The maximum atomic E-state index is 13.1. The molecule has 8 heteroatoms. The van der Waals surface area contributed by atoms with E-state index in [1.807, 2.05) is 24.3 Å². The van der Waals surface area contributed by atoms with Gasteiger partial charge in [-0.1, -0.05) is 18.2 Å². The average molecular weight is 437 g/mol. The summed E-state index contributed by atoms with van der Waals surface area (Å²) >= 11 is 0. The number of ketones is 1. The number of rotatable bonds is 7. The van der Waals surface area contributed by atoms with Gasteiger partial charge in [-0.25, -0.2) is 0 Å². The number of hydrogen-bond donors (Lipinski definition) is 1. The molecule has 3 aromatic rings. The molecule has 0 spiro atoms. The van der Waals surface area contributed by atoms with Crippen LogP contribution >= 0.6 is 0 Å². The molecular formula is C24H27N3O5. The summed E-state index contributed by atoms with van der Waals surface area (Å²) in [5, 5.41) is 0.939. The Morgan fingerprint density at radius 2 is 1.59 bits per heavy atom. The lowest BCUT2D eigenvalue weighted by Crippen LogP contribution is -2.49. The number of fused-ring (bicyclic) bond motifs is 1. The molecule has 1 amide bonds. The predicted octanol–water partition coefficient (Wildman–Crippen LogP) is 2.83. The van der Waals surface area contributed by atoms with Crippen molar-refractivity contribution in [3.63, 3.8) is 0 Å². The number of benzene rings is 2. The first-order valence-electron chi connectivity index (χ1n) is 10.5. The highest BCUT2D eigenvalue weighted by molar-refractivity contribution is 6.08. The summed E-state index contributed by atoms with van der Waals surface area (Å²) in [5.74, 6) is 1.31. The minimum atomic E-state index is -0.105. The Bertz CT molecular complexity index is 1110. The van der Waals surface area contributed by atoms with E-state index in [0.717, 1.165) is 10.9 Å². The molecule has 0 aliphatic carbocycles. The molecule has 1 aliphatic heterocycles. The average Bonchev–Trinajstić information content (AvgIpc) is 3.27. The number of H-pyrrole nitrogens is 1. The van der Waals surface area contributed by atoms with Gasteiger partial charge in [-0.15, -0.1) is 0 Å². The normalized spacial score (nSPS) is 14.4. The van der Waals surface area contributed by atoms with Gasteiger partial charge in [-0.05, 0) is 18.2 Å². The van der Waals surface area contributed by atoms with Gasteiger partial charge in [0.25, 0.3) is 5.91 Å². The van der Waals surface area contributed by atoms with Crippen LogP contribution in [-0.4, -0.2) is 80.5 Å². The van der Waals surface area contributed by atoms with E-state index < -0.39 is 0 Å². The highest BCUT2D eigenvalue weighted by Gasteiger charge is 2.26. The zero-order chi connectivity index (χ0) is 22.7. The lowest BCUT2D eigenvalue weighted by atomic mass is 10.1. The molecule has 0 saturated carbocycles. The van der Waals surface area contributed by atoms with E-state index in [1.165, 1.54) is 21.3 Å². The number of ether oxygens (including phenoxy) is 3. The maximum absolute atomic E-state index is 13.1. The van der Waals surface area contributed by atoms with Crippen molar-refractivity contribution in [3.05, 3.63) is 53.7 Å². The van der Waals surface area contributed by atoms with Gasteiger partial charge in [-0.2, -0.15) is 0 Å². The number of carbonyl (C=O) groups excluding carboxylic acids is 2. The Morgan fingerprint density at radius 3 is 2.22 bits per heavy atom. The molecular weight excluding hydrogens is 410 g/mol. The molecule has 4 rings (SSSR count). The standard InChI is InChI=1S/C24H27N3O5/c1-30-21-12-16(13-22(31-2)23(21)32-3)24(29)27-10-8-26(9-11-27)15-20(28)18-14-25-19-7-5-4-6-17(18)19/h4-7,12-14,25H,8-11,15H2,1-3H3. The van der Waals surface area contributed by atoms with E-state index in [-0.39, 0.29) is 11.7 Å². The number of hydrogen-bond acceptors (Lipinski definition) is 6. The number of piperazine rings is 1. The molecule has 8 nitrogen and oxygen atoms in total. The monoisotopic (exact) mass is 437 g/mol. The molecule has 1 aliphatic rings. The van der Waals surface area contributed by atoms with Crippen LogP contribution in [0, 0.1) is 0 Å². The van der Waals surface area contributed by atoms with Crippen LogP contribution in [0.25, 0.3) is 10.9 Å². The largest absolute Gasteiger partial charge is 0.493 e. The zero-order valence-corrected chi connectivity index (χ0v) is 18.5. The maximum Gasteiger partial charge on any atom is 0.254 e. The van der Waals surface area contributed by atoms with Gasteiger partial charge in [0.2, 0.25) is 5.75 Å². The summed E-state index contributed by atoms with van der Waals surface area (Å²) in [6.45, 7) is 2.66. The molecule has 32 heavy (non-hydrogen) atoms. The quantitative estimate of drug-likeness (QED) is 0.573. The molecule has 1 saturated heterocycles.